The normalized spacial score (nSPS) is 11.6. The fraction of sp³-hybridized carbons (Fsp3) is 0.370. The molecule has 3 rings (SSSR count). The van der Waals surface area contributed by atoms with Crippen molar-refractivity contribution in [3.8, 4) is 5.75 Å². The molecule has 0 atom stereocenters. The second-order valence-corrected chi connectivity index (χ2v) is 10.3. The van der Waals surface area contributed by atoms with Crippen LogP contribution in [0.15, 0.2) is 76.0 Å². The second kappa shape index (κ2) is 13.2. The first-order valence-corrected chi connectivity index (χ1v) is 13.4. The maximum absolute atomic E-state index is 13.6. The molecule has 8 nitrogen and oxygen atoms in total. The molecule has 2 aromatic carbocycles. The number of aryl methyl sites for hydroxylation is 1. The van der Waals surface area contributed by atoms with Crippen molar-refractivity contribution in [1.82, 2.24) is 9.21 Å². The third-order valence-electron chi connectivity index (χ3n) is 5.62. The molecule has 1 amide bonds. The van der Waals surface area contributed by atoms with Crippen molar-refractivity contribution in [3.05, 3.63) is 83.8 Å². The van der Waals surface area contributed by atoms with Crippen LogP contribution >= 0.6 is 0 Å². The number of amides is 1. The van der Waals surface area contributed by atoms with E-state index in [2.05, 4.69) is 0 Å². The van der Waals surface area contributed by atoms with Crippen molar-refractivity contribution < 1.29 is 27.1 Å². The lowest BCUT2D eigenvalue weighted by Gasteiger charge is -2.27. The number of furan rings is 1. The third-order valence-corrected chi connectivity index (χ3v) is 7.48. The Kier molecular flexibility index (Phi) is 10.1. The molecule has 0 aliphatic carbocycles. The number of hydrogen-bond acceptors (Lipinski definition) is 6. The van der Waals surface area contributed by atoms with E-state index in [4.69, 9.17) is 13.9 Å². The van der Waals surface area contributed by atoms with Crippen LogP contribution in [0.3, 0.4) is 0 Å². The molecule has 9 heteroatoms. The highest BCUT2D eigenvalue weighted by molar-refractivity contribution is 7.89. The Hall–Kier alpha value is -3.14. The van der Waals surface area contributed by atoms with Gasteiger partial charge in [0, 0.05) is 26.3 Å². The molecule has 0 fully saturated rings. The van der Waals surface area contributed by atoms with Crippen LogP contribution in [0.2, 0.25) is 0 Å². The quantitative estimate of drug-likeness (QED) is 0.299. The van der Waals surface area contributed by atoms with Gasteiger partial charge in [0.2, 0.25) is 15.9 Å². The zero-order valence-electron chi connectivity index (χ0n) is 21.1. The summed E-state index contributed by atoms with van der Waals surface area (Å²) in [7, 11) is -2.41. The zero-order valence-corrected chi connectivity index (χ0v) is 21.9. The summed E-state index contributed by atoms with van der Waals surface area (Å²) >= 11 is 0. The topological polar surface area (TPSA) is 89.3 Å². The molecule has 1 aromatic heterocycles. The van der Waals surface area contributed by atoms with Gasteiger partial charge in [0.05, 0.1) is 25.1 Å². The SMILES string of the molecule is CCOCCCN(CC(=O)N(Cc1ccccc1)Cc1ccc(C)o1)S(=O)(=O)c1ccc(OC)cc1. The van der Waals surface area contributed by atoms with Gasteiger partial charge < -0.3 is 18.8 Å². The number of carbonyl (C=O) groups is 1. The Morgan fingerprint density at radius 2 is 1.69 bits per heavy atom. The number of ether oxygens (including phenoxy) is 2. The first kappa shape index (κ1) is 27.4. The summed E-state index contributed by atoms with van der Waals surface area (Å²) in [6, 6.07) is 19.4. The molecule has 0 radical (unpaired) electrons. The molecular formula is C27H34N2O6S. The van der Waals surface area contributed by atoms with E-state index in [0.29, 0.717) is 37.7 Å². The van der Waals surface area contributed by atoms with Gasteiger partial charge >= 0.3 is 0 Å². The minimum atomic E-state index is -3.93. The van der Waals surface area contributed by atoms with Crippen molar-refractivity contribution in [2.45, 2.75) is 38.3 Å². The number of hydrogen-bond donors (Lipinski definition) is 0. The molecular weight excluding hydrogens is 480 g/mol. The highest BCUT2D eigenvalue weighted by atomic mass is 32.2. The Morgan fingerprint density at radius 1 is 0.972 bits per heavy atom. The van der Waals surface area contributed by atoms with Gasteiger partial charge in [-0.15, -0.1) is 0 Å². The van der Waals surface area contributed by atoms with E-state index in [1.807, 2.05) is 56.3 Å². The number of carbonyl (C=O) groups excluding carboxylic acids is 1. The van der Waals surface area contributed by atoms with Crippen molar-refractivity contribution in [1.29, 1.82) is 0 Å². The highest BCUT2D eigenvalue weighted by Gasteiger charge is 2.29. The van der Waals surface area contributed by atoms with E-state index < -0.39 is 10.0 Å². The molecule has 0 saturated carbocycles. The minimum Gasteiger partial charge on any atom is -0.497 e. The number of methoxy groups -OCH3 is 1. The minimum absolute atomic E-state index is 0.101. The summed E-state index contributed by atoms with van der Waals surface area (Å²) in [5.41, 5.74) is 0.940. The predicted molar refractivity (Wildman–Crippen MR) is 137 cm³/mol. The lowest BCUT2D eigenvalue weighted by Crippen LogP contribution is -2.43. The first-order chi connectivity index (χ1) is 17.3. The standard InChI is InChI=1S/C27H34N2O6S/c1-4-34-18-8-17-29(36(31,32)26-15-13-24(33-3)14-16-26)21-27(30)28(19-23-9-6-5-7-10-23)20-25-12-11-22(2)35-25/h5-7,9-16H,4,8,17-21H2,1-3H3. The largest absolute Gasteiger partial charge is 0.497 e. The molecule has 0 unspecified atom stereocenters. The monoisotopic (exact) mass is 514 g/mol. The Labute approximate surface area is 213 Å². The molecule has 0 spiro atoms. The summed E-state index contributed by atoms with van der Waals surface area (Å²) < 4.78 is 44.5. The molecule has 3 aromatic rings. The van der Waals surface area contributed by atoms with Crippen molar-refractivity contribution in [2.75, 3.05) is 33.4 Å². The average molecular weight is 515 g/mol. The van der Waals surface area contributed by atoms with Gasteiger partial charge in [0.25, 0.3) is 0 Å². The van der Waals surface area contributed by atoms with Crippen molar-refractivity contribution >= 4 is 15.9 Å². The predicted octanol–water partition coefficient (Wildman–Crippen LogP) is 4.24. The van der Waals surface area contributed by atoms with Gasteiger partial charge in [-0.3, -0.25) is 4.79 Å². The summed E-state index contributed by atoms with van der Waals surface area (Å²) in [5, 5.41) is 0. The van der Waals surface area contributed by atoms with Gasteiger partial charge in [-0.25, -0.2) is 8.42 Å². The molecule has 0 N–H and O–H groups in total. The average Bonchev–Trinajstić information content (AvgIpc) is 3.30. The summed E-state index contributed by atoms with van der Waals surface area (Å²) in [5.74, 6) is 1.62. The van der Waals surface area contributed by atoms with Crippen LogP contribution in [-0.2, 0) is 32.6 Å². The van der Waals surface area contributed by atoms with Crippen LogP contribution in [0.5, 0.6) is 5.75 Å². The van der Waals surface area contributed by atoms with E-state index in [-0.39, 0.29) is 30.4 Å². The van der Waals surface area contributed by atoms with Gasteiger partial charge in [0.15, 0.2) is 0 Å². The van der Waals surface area contributed by atoms with E-state index in [1.165, 1.54) is 23.5 Å². The smallest absolute Gasteiger partial charge is 0.243 e. The number of sulfonamides is 1. The Morgan fingerprint density at radius 3 is 2.31 bits per heavy atom. The first-order valence-electron chi connectivity index (χ1n) is 11.9. The fourth-order valence-electron chi connectivity index (χ4n) is 3.71. The summed E-state index contributed by atoms with van der Waals surface area (Å²) in [4.78, 5) is 15.3. The lowest BCUT2D eigenvalue weighted by atomic mass is 10.2. The van der Waals surface area contributed by atoms with E-state index >= 15 is 0 Å². The molecule has 194 valence electrons. The second-order valence-electron chi connectivity index (χ2n) is 8.31. The van der Waals surface area contributed by atoms with Crippen LogP contribution in [0, 0.1) is 6.92 Å². The van der Waals surface area contributed by atoms with E-state index in [9.17, 15) is 13.2 Å². The molecule has 36 heavy (non-hydrogen) atoms. The molecule has 1 heterocycles. The lowest BCUT2D eigenvalue weighted by molar-refractivity contribution is -0.133. The van der Waals surface area contributed by atoms with Gasteiger partial charge in [0.1, 0.15) is 17.3 Å². The number of nitrogens with zero attached hydrogens (tertiary/aromatic N) is 2. The highest BCUT2D eigenvalue weighted by Crippen LogP contribution is 2.21. The molecule has 0 bridgehead atoms. The fourth-order valence-corrected chi connectivity index (χ4v) is 5.14. The van der Waals surface area contributed by atoms with Crippen molar-refractivity contribution in [3.63, 3.8) is 0 Å². The maximum atomic E-state index is 13.6. The van der Waals surface area contributed by atoms with Crippen molar-refractivity contribution in [2.24, 2.45) is 0 Å². The Bertz CT molecular complexity index is 1190. The van der Waals surface area contributed by atoms with E-state index in [0.717, 1.165) is 11.3 Å². The summed E-state index contributed by atoms with van der Waals surface area (Å²) in [6.07, 6.45) is 0.465. The van der Waals surface area contributed by atoms with Gasteiger partial charge in [-0.05, 0) is 62.2 Å². The molecule has 0 saturated heterocycles. The van der Waals surface area contributed by atoms with Crippen LogP contribution in [0.1, 0.15) is 30.4 Å². The Balaban J connectivity index is 1.85. The van der Waals surface area contributed by atoms with Gasteiger partial charge in [-0.1, -0.05) is 30.3 Å². The van der Waals surface area contributed by atoms with Crippen LogP contribution < -0.4 is 4.74 Å². The van der Waals surface area contributed by atoms with Crippen LogP contribution in [0.4, 0.5) is 0 Å². The maximum Gasteiger partial charge on any atom is 0.243 e. The number of rotatable bonds is 14. The third kappa shape index (κ3) is 7.68. The molecule has 0 aliphatic rings. The summed E-state index contributed by atoms with van der Waals surface area (Å²) in [6.45, 7) is 5.08. The molecule has 0 aliphatic heterocycles. The van der Waals surface area contributed by atoms with E-state index in [1.54, 1.807) is 17.0 Å². The van der Waals surface area contributed by atoms with Gasteiger partial charge in [-0.2, -0.15) is 4.31 Å². The zero-order chi connectivity index (χ0) is 26.0. The number of benzene rings is 2. The van der Waals surface area contributed by atoms with Crippen LogP contribution in [-0.4, -0.2) is 56.9 Å². The van der Waals surface area contributed by atoms with Crippen LogP contribution in [0.25, 0.3) is 0 Å².